The van der Waals surface area contributed by atoms with Crippen LogP contribution in [0.4, 0.5) is 0 Å². The number of ketones is 1. The quantitative estimate of drug-likeness (QED) is 0.391. The zero-order valence-corrected chi connectivity index (χ0v) is 15.8. The zero-order valence-electron chi connectivity index (χ0n) is 15.8. The van der Waals surface area contributed by atoms with Crippen LogP contribution in [0, 0.1) is 5.92 Å². The Kier molecular flexibility index (Phi) is 10.2. The predicted octanol–water partition coefficient (Wildman–Crippen LogP) is 1.92. The van der Waals surface area contributed by atoms with Crippen molar-refractivity contribution >= 4 is 17.6 Å². The number of unbranched alkanes of at least 4 members (excludes halogenated alkanes) is 1. The minimum atomic E-state index is -0.802. The van der Waals surface area contributed by atoms with Crippen LogP contribution in [0.15, 0.2) is 30.3 Å². The maximum atomic E-state index is 12.5. The highest BCUT2D eigenvalue weighted by Crippen LogP contribution is 2.08. The van der Waals surface area contributed by atoms with Crippen LogP contribution in [0.2, 0.25) is 0 Å². The molecule has 1 aromatic rings. The smallest absolute Gasteiger partial charge is 0.289 e. The van der Waals surface area contributed by atoms with E-state index in [9.17, 15) is 14.4 Å². The van der Waals surface area contributed by atoms with Gasteiger partial charge in [0.05, 0.1) is 6.04 Å². The van der Waals surface area contributed by atoms with Crippen LogP contribution in [0.3, 0.4) is 0 Å². The lowest BCUT2D eigenvalue weighted by atomic mass is 10.0. The number of carbonyl (C=O) groups excluding carboxylic acids is 3. The van der Waals surface area contributed by atoms with Crippen LogP contribution in [0.1, 0.15) is 51.5 Å². The van der Waals surface area contributed by atoms with Crippen molar-refractivity contribution in [2.75, 3.05) is 6.54 Å². The first-order valence-corrected chi connectivity index (χ1v) is 9.36. The molecular weight excluding hydrogens is 330 g/mol. The second kappa shape index (κ2) is 12.2. The van der Waals surface area contributed by atoms with Gasteiger partial charge in [-0.05, 0) is 37.8 Å². The SMILES string of the molecule is CCC[C@H](C)C(=O)N[C@@H](CCCCN)C(=O)C(=O)NCc1ccccc1. The molecule has 0 spiro atoms. The lowest BCUT2D eigenvalue weighted by Crippen LogP contribution is -2.48. The number of rotatable bonds is 12. The summed E-state index contributed by atoms with van der Waals surface area (Å²) in [6, 6.07) is 8.57. The molecule has 0 aliphatic carbocycles. The number of amides is 2. The lowest BCUT2D eigenvalue weighted by Gasteiger charge is -2.19. The fourth-order valence-electron chi connectivity index (χ4n) is 2.66. The molecule has 6 nitrogen and oxygen atoms in total. The highest BCUT2D eigenvalue weighted by atomic mass is 16.2. The molecule has 4 N–H and O–H groups in total. The van der Waals surface area contributed by atoms with Gasteiger partial charge < -0.3 is 16.4 Å². The number of Topliss-reactive ketones (excluding diaryl/α,β-unsaturated/α-hetero) is 1. The number of benzene rings is 1. The van der Waals surface area contributed by atoms with Gasteiger partial charge in [-0.3, -0.25) is 14.4 Å². The van der Waals surface area contributed by atoms with Crippen LogP contribution < -0.4 is 16.4 Å². The molecule has 0 bridgehead atoms. The first kappa shape index (κ1) is 21.8. The van der Waals surface area contributed by atoms with E-state index in [-0.39, 0.29) is 18.4 Å². The van der Waals surface area contributed by atoms with E-state index in [1.165, 1.54) is 0 Å². The summed E-state index contributed by atoms with van der Waals surface area (Å²) in [5.74, 6) is -1.64. The summed E-state index contributed by atoms with van der Waals surface area (Å²) >= 11 is 0. The van der Waals surface area contributed by atoms with Gasteiger partial charge in [-0.1, -0.05) is 50.6 Å². The van der Waals surface area contributed by atoms with E-state index in [1.807, 2.05) is 44.2 Å². The van der Waals surface area contributed by atoms with Gasteiger partial charge in [-0.25, -0.2) is 0 Å². The Morgan fingerprint density at radius 1 is 1.08 bits per heavy atom. The van der Waals surface area contributed by atoms with Crippen molar-refractivity contribution in [2.24, 2.45) is 11.7 Å². The highest BCUT2D eigenvalue weighted by molar-refractivity contribution is 6.38. The van der Waals surface area contributed by atoms with Crippen LogP contribution in [-0.2, 0) is 20.9 Å². The van der Waals surface area contributed by atoms with Crippen LogP contribution >= 0.6 is 0 Å². The van der Waals surface area contributed by atoms with Crippen LogP contribution in [0.5, 0.6) is 0 Å². The van der Waals surface area contributed by atoms with E-state index in [1.54, 1.807) is 0 Å². The molecule has 6 heteroatoms. The molecule has 0 unspecified atom stereocenters. The molecule has 1 rings (SSSR count). The molecule has 0 radical (unpaired) electrons. The lowest BCUT2D eigenvalue weighted by molar-refractivity contribution is -0.140. The highest BCUT2D eigenvalue weighted by Gasteiger charge is 2.27. The number of hydrogen-bond acceptors (Lipinski definition) is 4. The average Bonchev–Trinajstić information content (AvgIpc) is 2.65. The molecule has 2 amide bonds. The maximum Gasteiger partial charge on any atom is 0.289 e. The van der Waals surface area contributed by atoms with Crippen molar-refractivity contribution in [1.29, 1.82) is 0 Å². The molecule has 0 fully saturated rings. The third kappa shape index (κ3) is 7.78. The molecule has 1 aromatic carbocycles. The van der Waals surface area contributed by atoms with E-state index in [4.69, 9.17) is 5.73 Å². The van der Waals surface area contributed by atoms with Crippen molar-refractivity contribution in [3.05, 3.63) is 35.9 Å². The summed E-state index contributed by atoms with van der Waals surface area (Å²) in [4.78, 5) is 37.0. The van der Waals surface area contributed by atoms with E-state index >= 15 is 0 Å². The topological polar surface area (TPSA) is 101 Å². The number of nitrogens with two attached hydrogens (primary N) is 1. The summed E-state index contributed by atoms with van der Waals surface area (Å²) < 4.78 is 0. The van der Waals surface area contributed by atoms with Crippen molar-refractivity contribution in [3.63, 3.8) is 0 Å². The fraction of sp³-hybridized carbons (Fsp3) is 0.550. The average molecular weight is 361 g/mol. The van der Waals surface area contributed by atoms with Crippen molar-refractivity contribution < 1.29 is 14.4 Å². The van der Waals surface area contributed by atoms with Gasteiger partial charge in [0.2, 0.25) is 11.7 Å². The normalized spacial score (nSPS) is 12.9. The molecule has 0 heterocycles. The number of hydrogen-bond donors (Lipinski definition) is 3. The van der Waals surface area contributed by atoms with Crippen LogP contribution in [-0.4, -0.2) is 30.2 Å². The molecule has 26 heavy (non-hydrogen) atoms. The standard InChI is InChI=1S/C20H31N3O3/c1-3-9-15(2)19(25)23-17(12-7-8-13-21)18(24)20(26)22-14-16-10-5-4-6-11-16/h4-6,10-11,15,17H,3,7-9,12-14,21H2,1-2H3,(H,22,26)(H,23,25)/t15-,17-/m0/s1. The molecule has 144 valence electrons. The third-order valence-corrected chi connectivity index (χ3v) is 4.27. The third-order valence-electron chi connectivity index (χ3n) is 4.27. The van der Waals surface area contributed by atoms with Gasteiger partial charge in [-0.2, -0.15) is 0 Å². The van der Waals surface area contributed by atoms with E-state index in [0.717, 1.165) is 24.8 Å². The summed E-state index contributed by atoms with van der Waals surface area (Å²) in [5.41, 5.74) is 6.41. The largest absolute Gasteiger partial charge is 0.345 e. The monoisotopic (exact) mass is 361 g/mol. The number of nitrogens with one attached hydrogen (secondary N) is 2. The minimum absolute atomic E-state index is 0.183. The van der Waals surface area contributed by atoms with Gasteiger partial charge in [0.15, 0.2) is 0 Å². The fourth-order valence-corrected chi connectivity index (χ4v) is 2.66. The molecular formula is C20H31N3O3. The summed E-state index contributed by atoms with van der Waals surface area (Å²) in [5, 5.41) is 5.38. The summed E-state index contributed by atoms with van der Waals surface area (Å²) in [6.07, 6.45) is 3.48. The van der Waals surface area contributed by atoms with E-state index in [2.05, 4.69) is 10.6 Å². The molecule has 2 atom stereocenters. The molecule has 0 saturated carbocycles. The van der Waals surface area contributed by atoms with E-state index in [0.29, 0.717) is 19.4 Å². The van der Waals surface area contributed by atoms with Crippen molar-refractivity contribution in [1.82, 2.24) is 10.6 Å². The van der Waals surface area contributed by atoms with Crippen LogP contribution in [0.25, 0.3) is 0 Å². The Bertz CT molecular complexity index is 575. The van der Waals surface area contributed by atoms with Gasteiger partial charge in [0, 0.05) is 12.5 Å². The second-order valence-electron chi connectivity index (χ2n) is 6.57. The Hall–Kier alpha value is -2.21. The molecule has 0 saturated heterocycles. The Morgan fingerprint density at radius 3 is 2.38 bits per heavy atom. The zero-order chi connectivity index (χ0) is 19.4. The number of carbonyl (C=O) groups is 3. The first-order valence-electron chi connectivity index (χ1n) is 9.36. The first-order chi connectivity index (χ1) is 12.5. The van der Waals surface area contributed by atoms with Gasteiger partial charge in [0.25, 0.3) is 5.91 Å². The van der Waals surface area contributed by atoms with Crippen molar-refractivity contribution in [2.45, 2.75) is 58.5 Å². The van der Waals surface area contributed by atoms with Gasteiger partial charge in [-0.15, -0.1) is 0 Å². The minimum Gasteiger partial charge on any atom is -0.345 e. The molecule has 0 aliphatic rings. The molecule has 0 aromatic heterocycles. The Morgan fingerprint density at radius 2 is 1.77 bits per heavy atom. The Labute approximate surface area is 155 Å². The molecule has 0 aliphatic heterocycles. The van der Waals surface area contributed by atoms with Gasteiger partial charge >= 0.3 is 0 Å². The predicted molar refractivity (Wildman–Crippen MR) is 102 cm³/mol. The van der Waals surface area contributed by atoms with Gasteiger partial charge in [0.1, 0.15) is 0 Å². The van der Waals surface area contributed by atoms with Crippen molar-refractivity contribution in [3.8, 4) is 0 Å². The summed E-state index contributed by atoms with van der Waals surface area (Å²) in [7, 11) is 0. The summed E-state index contributed by atoms with van der Waals surface area (Å²) in [6.45, 7) is 4.63. The van der Waals surface area contributed by atoms with E-state index < -0.39 is 17.7 Å². The maximum absolute atomic E-state index is 12.5. The second-order valence-corrected chi connectivity index (χ2v) is 6.57. The Balaban J connectivity index is 2.66.